The molecule has 1 aliphatic heterocycles. The molecule has 1 aromatic rings. The Morgan fingerprint density at radius 1 is 1.26 bits per heavy atom. The van der Waals surface area contributed by atoms with Gasteiger partial charge in [0, 0.05) is 18.8 Å². The van der Waals surface area contributed by atoms with E-state index in [9.17, 15) is 8.78 Å². The summed E-state index contributed by atoms with van der Waals surface area (Å²) in [6, 6.07) is 2.27. The van der Waals surface area contributed by atoms with E-state index in [1.807, 2.05) is 0 Å². The van der Waals surface area contributed by atoms with E-state index in [2.05, 4.69) is 17.1 Å². The Balaban J connectivity index is 1.87. The highest BCUT2D eigenvalue weighted by Crippen LogP contribution is 2.22. The number of rotatable bonds is 5. The van der Waals surface area contributed by atoms with Crippen molar-refractivity contribution >= 4 is 11.4 Å². The Morgan fingerprint density at radius 2 is 1.84 bits per heavy atom. The Labute approximate surface area is 112 Å². The number of nitrogens with two attached hydrogens (primary N) is 1. The smallest absolute Gasteiger partial charge is 0.151 e. The van der Waals surface area contributed by atoms with Gasteiger partial charge in [-0.2, -0.15) is 0 Å². The van der Waals surface area contributed by atoms with Crippen LogP contribution in [0.5, 0.6) is 0 Å². The number of hydrogen-bond donors (Lipinski definition) is 2. The third-order valence-electron chi connectivity index (χ3n) is 3.46. The lowest BCUT2D eigenvalue weighted by atomic mass is 10.1. The second-order valence-electron chi connectivity index (χ2n) is 5.35. The van der Waals surface area contributed by atoms with Crippen molar-refractivity contribution in [2.75, 3.05) is 37.2 Å². The fourth-order valence-electron chi connectivity index (χ4n) is 2.51. The number of hydrogen-bond acceptors (Lipinski definition) is 3. The van der Waals surface area contributed by atoms with Gasteiger partial charge in [-0.15, -0.1) is 0 Å². The van der Waals surface area contributed by atoms with E-state index in [-0.39, 0.29) is 11.4 Å². The van der Waals surface area contributed by atoms with E-state index in [0.29, 0.717) is 12.5 Å². The van der Waals surface area contributed by atoms with E-state index >= 15 is 0 Å². The van der Waals surface area contributed by atoms with E-state index in [4.69, 9.17) is 5.73 Å². The Morgan fingerprint density at radius 3 is 2.42 bits per heavy atom. The average Bonchev–Trinajstić information content (AvgIpc) is 2.80. The first-order valence-corrected chi connectivity index (χ1v) is 6.77. The maximum atomic E-state index is 13.6. The average molecular weight is 269 g/mol. The molecule has 0 spiro atoms. The molecule has 0 radical (unpaired) electrons. The first-order valence-electron chi connectivity index (χ1n) is 6.77. The van der Waals surface area contributed by atoms with Gasteiger partial charge in [0.2, 0.25) is 0 Å². The van der Waals surface area contributed by atoms with Crippen molar-refractivity contribution in [1.29, 1.82) is 0 Å². The zero-order valence-corrected chi connectivity index (χ0v) is 11.3. The van der Waals surface area contributed by atoms with Crippen molar-refractivity contribution in [3.63, 3.8) is 0 Å². The van der Waals surface area contributed by atoms with Crippen LogP contribution < -0.4 is 11.1 Å². The van der Waals surface area contributed by atoms with Crippen LogP contribution in [0.4, 0.5) is 20.2 Å². The van der Waals surface area contributed by atoms with Gasteiger partial charge in [-0.05, 0) is 44.0 Å². The van der Waals surface area contributed by atoms with Crippen molar-refractivity contribution in [3.8, 4) is 0 Å². The van der Waals surface area contributed by atoms with Crippen LogP contribution in [0.25, 0.3) is 0 Å². The summed E-state index contributed by atoms with van der Waals surface area (Å²) < 4.78 is 27.1. The molecule has 1 heterocycles. The minimum atomic E-state index is -0.633. The van der Waals surface area contributed by atoms with E-state index in [0.717, 1.165) is 31.8 Å². The SMILES string of the molecule is CC(CNc1c(F)cc(N)cc1F)CN1CCCC1. The summed E-state index contributed by atoms with van der Waals surface area (Å²) in [4.78, 5) is 2.39. The largest absolute Gasteiger partial charge is 0.399 e. The minimum absolute atomic E-state index is 0.0810. The summed E-state index contributed by atoms with van der Waals surface area (Å²) in [5, 5.41) is 2.85. The zero-order valence-electron chi connectivity index (χ0n) is 11.3. The van der Waals surface area contributed by atoms with E-state index in [1.165, 1.54) is 12.8 Å². The first-order chi connectivity index (χ1) is 9.06. The van der Waals surface area contributed by atoms with Crippen LogP contribution in [-0.2, 0) is 0 Å². The number of benzene rings is 1. The number of halogens is 2. The van der Waals surface area contributed by atoms with Crippen molar-refractivity contribution in [1.82, 2.24) is 4.90 Å². The van der Waals surface area contributed by atoms with Crippen LogP contribution in [0, 0.1) is 17.6 Å². The molecule has 0 bridgehead atoms. The van der Waals surface area contributed by atoms with Crippen LogP contribution >= 0.6 is 0 Å². The highest BCUT2D eigenvalue weighted by molar-refractivity contribution is 5.54. The normalized spacial score (nSPS) is 17.6. The van der Waals surface area contributed by atoms with Gasteiger partial charge >= 0.3 is 0 Å². The molecule has 0 amide bonds. The topological polar surface area (TPSA) is 41.3 Å². The summed E-state index contributed by atoms with van der Waals surface area (Å²) in [6.45, 7) is 5.86. The molecule has 0 aliphatic carbocycles. The van der Waals surface area contributed by atoms with Crippen LogP contribution in [0.3, 0.4) is 0 Å². The predicted molar refractivity (Wildman–Crippen MR) is 74.1 cm³/mol. The zero-order chi connectivity index (χ0) is 13.8. The Bertz CT molecular complexity index is 408. The third-order valence-corrected chi connectivity index (χ3v) is 3.46. The number of nitrogens with zero attached hydrogens (tertiary/aromatic N) is 1. The molecule has 106 valence electrons. The lowest BCUT2D eigenvalue weighted by Crippen LogP contribution is -2.29. The van der Waals surface area contributed by atoms with Crippen LogP contribution in [0.1, 0.15) is 19.8 Å². The summed E-state index contributed by atoms with van der Waals surface area (Å²) in [6.07, 6.45) is 2.50. The lowest BCUT2D eigenvalue weighted by molar-refractivity contribution is 0.294. The molecule has 0 aromatic heterocycles. The maximum Gasteiger partial charge on any atom is 0.151 e. The van der Waals surface area contributed by atoms with Gasteiger partial charge in [-0.25, -0.2) is 8.78 Å². The summed E-state index contributed by atoms with van der Waals surface area (Å²) in [7, 11) is 0. The Kier molecular flexibility index (Phi) is 4.58. The molecular weight excluding hydrogens is 248 g/mol. The fraction of sp³-hybridized carbons (Fsp3) is 0.571. The number of nitrogens with one attached hydrogen (secondary N) is 1. The number of likely N-dealkylation sites (tertiary alicyclic amines) is 1. The third kappa shape index (κ3) is 3.80. The van der Waals surface area contributed by atoms with Crippen molar-refractivity contribution < 1.29 is 8.78 Å². The van der Waals surface area contributed by atoms with E-state index < -0.39 is 11.6 Å². The van der Waals surface area contributed by atoms with Gasteiger partial charge in [0.15, 0.2) is 11.6 Å². The fourth-order valence-corrected chi connectivity index (χ4v) is 2.51. The molecule has 3 nitrogen and oxygen atoms in total. The molecule has 5 heteroatoms. The van der Waals surface area contributed by atoms with Gasteiger partial charge in [0.25, 0.3) is 0 Å². The highest BCUT2D eigenvalue weighted by Gasteiger charge is 2.16. The highest BCUT2D eigenvalue weighted by atomic mass is 19.1. The summed E-state index contributed by atoms with van der Waals surface area (Å²) in [5.74, 6) is -0.925. The summed E-state index contributed by atoms with van der Waals surface area (Å²) >= 11 is 0. The van der Waals surface area contributed by atoms with Gasteiger partial charge < -0.3 is 16.0 Å². The standard InChI is InChI=1S/C14H21F2N3/c1-10(9-19-4-2-3-5-19)8-18-14-12(15)6-11(17)7-13(14)16/h6-7,10,18H,2-5,8-9,17H2,1H3. The molecule has 3 N–H and O–H groups in total. The van der Waals surface area contributed by atoms with Gasteiger partial charge in [0.05, 0.1) is 0 Å². The van der Waals surface area contributed by atoms with Crippen LogP contribution in [0.2, 0.25) is 0 Å². The molecule has 1 unspecified atom stereocenters. The minimum Gasteiger partial charge on any atom is -0.399 e. The van der Waals surface area contributed by atoms with E-state index in [1.54, 1.807) is 0 Å². The lowest BCUT2D eigenvalue weighted by Gasteiger charge is -2.21. The molecule has 1 fully saturated rings. The second-order valence-corrected chi connectivity index (χ2v) is 5.35. The van der Waals surface area contributed by atoms with Crippen molar-refractivity contribution in [3.05, 3.63) is 23.8 Å². The molecule has 19 heavy (non-hydrogen) atoms. The predicted octanol–water partition coefficient (Wildman–Crippen LogP) is 2.69. The maximum absolute atomic E-state index is 13.6. The molecule has 1 saturated heterocycles. The molecule has 2 rings (SSSR count). The molecule has 1 atom stereocenters. The van der Waals surface area contributed by atoms with Gasteiger partial charge in [-0.1, -0.05) is 6.92 Å². The molecule has 0 saturated carbocycles. The van der Waals surface area contributed by atoms with Gasteiger partial charge in [0.1, 0.15) is 5.69 Å². The number of nitrogen functional groups attached to an aromatic ring is 1. The number of anilines is 2. The quantitative estimate of drug-likeness (QED) is 0.808. The summed E-state index contributed by atoms with van der Waals surface area (Å²) in [5.41, 5.74) is 5.40. The molecule has 1 aromatic carbocycles. The van der Waals surface area contributed by atoms with Crippen molar-refractivity contribution in [2.24, 2.45) is 5.92 Å². The Hall–Kier alpha value is -1.36. The van der Waals surface area contributed by atoms with Crippen LogP contribution in [-0.4, -0.2) is 31.1 Å². The van der Waals surface area contributed by atoms with Crippen molar-refractivity contribution in [2.45, 2.75) is 19.8 Å². The van der Waals surface area contributed by atoms with Gasteiger partial charge in [-0.3, -0.25) is 0 Å². The molecular formula is C14H21F2N3. The van der Waals surface area contributed by atoms with Crippen LogP contribution in [0.15, 0.2) is 12.1 Å². The molecule has 1 aliphatic rings. The second kappa shape index (κ2) is 6.19. The first kappa shape index (κ1) is 14.1. The monoisotopic (exact) mass is 269 g/mol.